The summed E-state index contributed by atoms with van der Waals surface area (Å²) in [6, 6.07) is -0.0716. The lowest BCUT2D eigenvalue weighted by molar-refractivity contribution is -0.144. The van der Waals surface area contributed by atoms with E-state index in [0.717, 1.165) is 12.8 Å². The summed E-state index contributed by atoms with van der Waals surface area (Å²) in [5.41, 5.74) is 5.85. The average molecular weight is 252 g/mol. The molecule has 1 saturated carbocycles. The van der Waals surface area contributed by atoms with E-state index in [9.17, 15) is 9.59 Å². The highest BCUT2D eigenvalue weighted by molar-refractivity contribution is 6.05. The molecule has 0 aromatic heterocycles. The third-order valence-electron chi connectivity index (χ3n) is 4.77. The number of hydrogen-bond donors (Lipinski definition) is 1. The van der Waals surface area contributed by atoms with Crippen LogP contribution in [-0.2, 0) is 9.59 Å². The zero-order chi connectivity index (χ0) is 13.3. The second kappa shape index (κ2) is 5.39. The first-order chi connectivity index (χ1) is 8.57. The molecule has 4 nitrogen and oxygen atoms in total. The molecule has 0 aromatic rings. The number of carbonyl (C=O) groups is 2. The zero-order valence-corrected chi connectivity index (χ0v) is 11.4. The first kappa shape index (κ1) is 13.5. The molecule has 18 heavy (non-hydrogen) atoms. The number of amides is 2. The summed E-state index contributed by atoms with van der Waals surface area (Å²) >= 11 is 0. The van der Waals surface area contributed by atoms with Crippen LogP contribution in [0.25, 0.3) is 0 Å². The summed E-state index contributed by atoms with van der Waals surface area (Å²) in [6.45, 7) is 4.10. The molecule has 1 aliphatic carbocycles. The summed E-state index contributed by atoms with van der Waals surface area (Å²) in [6.07, 6.45) is 5.86. The van der Waals surface area contributed by atoms with E-state index in [4.69, 9.17) is 5.73 Å². The van der Waals surface area contributed by atoms with Gasteiger partial charge < -0.3 is 5.73 Å². The second-order valence-electron chi connectivity index (χ2n) is 5.82. The van der Waals surface area contributed by atoms with Crippen molar-refractivity contribution in [1.82, 2.24) is 4.90 Å². The highest BCUT2D eigenvalue weighted by atomic mass is 16.2. The number of rotatable bonds is 3. The Kier molecular flexibility index (Phi) is 4.05. The van der Waals surface area contributed by atoms with E-state index >= 15 is 0 Å². The Hall–Kier alpha value is -0.900. The maximum absolute atomic E-state index is 12.2. The summed E-state index contributed by atoms with van der Waals surface area (Å²) < 4.78 is 0. The van der Waals surface area contributed by atoms with Gasteiger partial charge in [-0.2, -0.15) is 0 Å². The molecule has 2 amide bonds. The number of nitrogens with zero attached hydrogens (tertiary/aromatic N) is 1. The molecule has 0 aromatic carbocycles. The lowest BCUT2D eigenvalue weighted by Gasteiger charge is -2.35. The Bertz CT molecular complexity index is 317. The fourth-order valence-electron chi connectivity index (χ4n) is 3.33. The fourth-order valence-corrected chi connectivity index (χ4v) is 3.33. The molecule has 3 unspecified atom stereocenters. The molecule has 0 spiro atoms. The van der Waals surface area contributed by atoms with Gasteiger partial charge in [0.1, 0.15) is 0 Å². The van der Waals surface area contributed by atoms with E-state index in [-0.39, 0.29) is 29.7 Å². The van der Waals surface area contributed by atoms with Crippen molar-refractivity contribution >= 4 is 11.8 Å². The van der Waals surface area contributed by atoms with Crippen molar-refractivity contribution in [3.8, 4) is 0 Å². The molecule has 2 rings (SSSR count). The molecular formula is C14H24N2O2. The van der Waals surface area contributed by atoms with Crippen LogP contribution in [0.5, 0.6) is 0 Å². The quantitative estimate of drug-likeness (QED) is 0.775. The van der Waals surface area contributed by atoms with Crippen molar-refractivity contribution in [2.75, 3.05) is 6.54 Å². The zero-order valence-electron chi connectivity index (χ0n) is 11.4. The van der Waals surface area contributed by atoms with Crippen LogP contribution in [0, 0.1) is 17.8 Å². The van der Waals surface area contributed by atoms with Crippen LogP contribution in [0.2, 0.25) is 0 Å². The van der Waals surface area contributed by atoms with Gasteiger partial charge in [-0.05, 0) is 18.8 Å². The van der Waals surface area contributed by atoms with Crippen molar-refractivity contribution in [2.24, 2.45) is 23.5 Å². The van der Waals surface area contributed by atoms with Gasteiger partial charge in [0.05, 0.1) is 6.04 Å². The van der Waals surface area contributed by atoms with Crippen LogP contribution >= 0.6 is 0 Å². The number of nitrogens with two attached hydrogens (primary N) is 1. The molecule has 0 radical (unpaired) electrons. The Morgan fingerprint density at radius 1 is 1.11 bits per heavy atom. The maximum atomic E-state index is 12.2. The number of carbonyl (C=O) groups excluding carboxylic acids is 2. The molecule has 3 atom stereocenters. The summed E-state index contributed by atoms with van der Waals surface area (Å²) in [5, 5.41) is 0. The third-order valence-corrected chi connectivity index (χ3v) is 4.77. The van der Waals surface area contributed by atoms with Crippen molar-refractivity contribution in [3.63, 3.8) is 0 Å². The summed E-state index contributed by atoms with van der Waals surface area (Å²) in [7, 11) is 0. The van der Waals surface area contributed by atoms with Crippen molar-refractivity contribution in [3.05, 3.63) is 0 Å². The van der Waals surface area contributed by atoms with Gasteiger partial charge in [0.15, 0.2) is 0 Å². The van der Waals surface area contributed by atoms with Gasteiger partial charge >= 0.3 is 0 Å². The topological polar surface area (TPSA) is 63.4 Å². The molecule has 4 heteroatoms. The van der Waals surface area contributed by atoms with E-state index in [1.165, 1.54) is 24.2 Å². The standard InChI is InChI=1S/C14H24N2O2/c1-9-10(2)14(18)16(13(9)17)12(8-15)11-6-4-3-5-7-11/h9-12H,3-8,15H2,1-2H3. The average Bonchev–Trinajstić information content (AvgIpc) is 2.59. The van der Waals surface area contributed by atoms with Gasteiger partial charge in [-0.1, -0.05) is 33.1 Å². The fraction of sp³-hybridized carbons (Fsp3) is 0.857. The lowest BCUT2D eigenvalue weighted by Crippen LogP contribution is -2.49. The van der Waals surface area contributed by atoms with Crippen LogP contribution < -0.4 is 5.73 Å². The van der Waals surface area contributed by atoms with E-state index in [2.05, 4.69) is 0 Å². The molecule has 2 N–H and O–H groups in total. The largest absolute Gasteiger partial charge is 0.328 e. The number of hydrogen-bond acceptors (Lipinski definition) is 3. The van der Waals surface area contributed by atoms with Crippen LogP contribution in [0.4, 0.5) is 0 Å². The molecule has 1 aliphatic heterocycles. The Morgan fingerprint density at radius 3 is 2.06 bits per heavy atom. The third kappa shape index (κ3) is 2.18. The smallest absolute Gasteiger partial charge is 0.233 e. The molecule has 1 saturated heterocycles. The highest BCUT2D eigenvalue weighted by Gasteiger charge is 2.46. The summed E-state index contributed by atoms with van der Waals surface area (Å²) in [4.78, 5) is 25.9. The van der Waals surface area contributed by atoms with Crippen molar-refractivity contribution in [2.45, 2.75) is 52.0 Å². The highest BCUT2D eigenvalue weighted by Crippen LogP contribution is 2.34. The lowest BCUT2D eigenvalue weighted by atomic mass is 9.83. The van der Waals surface area contributed by atoms with Gasteiger partial charge in [-0.25, -0.2) is 0 Å². The predicted molar refractivity (Wildman–Crippen MR) is 69.6 cm³/mol. The molecular weight excluding hydrogens is 228 g/mol. The van der Waals surface area contributed by atoms with Crippen molar-refractivity contribution < 1.29 is 9.59 Å². The first-order valence-corrected chi connectivity index (χ1v) is 7.15. The van der Waals surface area contributed by atoms with Gasteiger partial charge in [0.2, 0.25) is 11.8 Å². The Labute approximate surface area is 109 Å². The van der Waals surface area contributed by atoms with Gasteiger partial charge in [0.25, 0.3) is 0 Å². The molecule has 2 aliphatic rings. The van der Waals surface area contributed by atoms with E-state index in [0.29, 0.717) is 12.5 Å². The Balaban J connectivity index is 2.16. The molecule has 2 fully saturated rings. The molecule has 102 valence electrons. The normalized spacial score (nSPS) is 32.1. The maximum Gasteiger partial charge on any atom is 0.233 e. The van der Waals surface area contributed by atoms with Crippen LogP contribution in [0.1, 0.15) is 46.0 Å². The minimum atomic E-state index is -0.185. The minimum Gasteiger partial charge on any atom is -0.328 e. The SMILES string of the molecule is CC1C(=O)N(C(CN)C2CCCCC2)C(=O)C1C. The van der Waals surface area contributed by atoms with E-state index in [1.807, 2.05) is 13.8 Å². The van der Waals surface area contributed by atoms with Crippen molar-refractivity contribution in [1.29, 1.82) is 0 Å². The molecule has 1 heterocycles. The number of likely N-dealkylation sites (tertiary alicyclic amines) is 1. The van der Waals surface area contributed by atoms with Gasteiger partial charge in [-0.15, -0.1) is 0 Å². The predicted octanol–water partition coefficient (Wildman–Crippen LogP) is 1.53. The van der Waals surface area contributed by atoms with Crippen LogP contribution in [0.3, 0.4) is 0 Å². The summed E-state index contributed by atoms with van der Waals surface area (Å²) in [5.74, 6) is 0.00137. The first-order valence-electron chi connectivity index (χ1n) is 7.15. The Morgan fingerprint density at radius 2 is 1.61 bits per heavy atom. The molecule has 0 bridgehead atoms. The van der Waals surface area contributed by atoms with Gasteiger partial charge in [-0.3, -0.25) is 14.5 Å². The van der Waals surface area contributed by atoms with Crippen LogP contribution in [0.15, 0.2) is 0 Å². The minimum absolute atomic E-state index is 0.0199. The van der Waals surface area contributed by atoms with Gasteiger partial charge in [0, 0.05) is 18.4 Å². The van der Waals surface area contributed by atoms with E-state index < -0.39 is 0 Å². The number of imide groups is 1. The second-order valence-corrected chi connectivity index (χ2v) is 5.82. The van der Waals surface area contributed by atoms with Crippen LogP contribution in [-0.4, -0.2) is 29.3 Å². The monoisotopic (exact) mass is 252 g/mol. The van der Waals surface area contributed by atoms with E-state index in [1.54, 1.807) is 0 Å².